The van der Waals surface area contributed by atoms with E-state index in [2.05, 4.69) is 10.6 Å². The molecule has 196 valence electrons. The Labute approximate surface area is 208 Å². The molecule has 0 aromatic heterocycles. The predicted molar refractivity (Wildman–Crippen MR) is 134 cm³/mol. The molecule has 0 aliphatic rings. The fourth-order valence-electron chi connectivity index (χ4n) is 3.01. The fraction of sp³-hybridized carbons (Fsp3) is 0.600. The van der Waals surface area contributed by atoms with Gasteiger partial charge in [0.1, 0.15) is 12.1 Å². The second-order valence-corrected chi connectivity index (χ2v) is 9.26. The Hall–Kier alpha value is -3.00. The highest BCUT2D eigenvalue weighted by atomic mass is 16.4. The molecule has 0 radical (unpaired) electrons. The standard InChI is InChI=1S/C14H27N3O4.C11H13N2O/c1-7(2)6-10(15)12(18)17-11(8(3)4)13(19)16-9(5)14(20)21;12-7-6-11(14)10(13)8-9-4-2-1-3-5-9/h7-11H,6,15H2,1-5H3,(H,16,19)(H,17,18)(H,20,21);1-5,10-11,13-14H,6,8H2/q;-1/t9-,10-,11-;10-,11?/m00/s1. The maximum absolute atomic E-state index is 12.0. The van der Waals surface area contributed by atoms with Gasteiger partial charge in [0.05, 0.1) is 24.6 Å². The average Bonchev–Trinajstić information content (AvgIpc) is 2.77. The van der Waals surface area contributed by atoms with Gasteiger partial charge in [0.25, 0.3) is 0 Å². The lowest BCUT2D eigenvalue weighted by molar-refractivity contribution is -0.142. The Morgan fingerprint density at radius 3 is 2.09 bits per heavy atom. The van der Waals surface area contributed by atoms with E-state index in [0.717, 1.165) is 5.56 Å². The SMILES string of the molecule is CC(C)C[C@H](N)C(=O)N[C@H](C(=O)N[C@@H](C)C(=O)O)C(C)C.N#CCC(O)[C@@H]([NH-])Cc1ccccc1. The molecule has 0 saturated carbocycles. The monoisotopic (exact) mass is 490 g/mol. The van der Waals surface area contributed by atoms with Crippen LogP contribution >= 0.6 is 0 Å². The molecule has 2 amide bonds. The summed E-state index contributed by atoms with van der Waals surface area (Å²) in [5, 5.41) is 31.5. The van der Waals surface area contributed by atoms with E-state index in [-0.39, 0.29) is 18.3 Å². The highest BCUT2D eigenvalue weighted by Crippen LogP contribution is 2.10. The number of nitrogens with two attached hydrogens (primary N) is 1. The summed E-state index contributed by atoms with van der Waals surface area (Å²) in [6, 6.07) is 8.29. The van der Waals surface area contributed by atoms with Gasteiger partial charge in [0.2, 0.25) is 11.8 Å². The van der Waals surface area contributed by atoms with Crippen LogP contribution in [0.3, 0.4) is 0 Å². The van der Waals surface area contributed by atoms with Crippen LogP contribution < -0.4 is 16.4 Å². The van der Waals surface area contributed by atoms with Crippen LogP contribution in [0.1, 0.15) is 53.0 Å². The fourth-order valence-corrected chi connectivity index (χ4v) is 3.01. The smallest absolute Gasteiger partial charge is 0.325 e. The first kappa shape index (κ1) is 32.0. The molecule has 1 rings (SSSR count). The minimum absolute atomic E-state index is 0.0288. The first-order valence-corrected chi connectivity index (χ1v) is 11.7. The number of carbonyl (C=O) groups is 3. The van der Waals surface area contributed by atoms with Crippen molar-refractivity contribution in [3.05, 3.63) is 41.6 Å². The number of hydrogen-bond donors (Lipinski definition) is 5. The lowest BCUT2D eigenvalue weighted by Gasteiger charge is -2.24. The Morgan fingerprint density at radius 2 is 1.63 bits per heavy atom. The van der Waals surface area contributed by atoms with Gasteiger partial charge < -0.3 is 32.3 Å². The molecule has 7 N–H and O–H groups in total. The number of aliphatic carboxylic acids is 1. The van der Waals surface area contributed by atoms with Crippen molar-refractivity contribution in [2.24, 2.45) is 17.6 Å². The number of aliphatic hydroxyl groups is 1. The van der Waals surface area contributed by atoms with Crippen molar-refractivity contribution in [3.63, 3.8) is 0 Å². The van der Waals surface area contributed by atoms with Crippen LogP contribution in [0.2, 0.25) is 0 Å². The summed E-state index contributed by atoms with van der Waals surface area (Å²) >= 11 is 0. The Morgan fingerprint density at radius 1 is 1.06 bits per heavy atom. The second kappa shape index (κ2) is 16.6. The molecule has 1 unspecified atom stereocenters. The number of rotatable bonds is 12. The molecule has 0 aliphatic heterocycles. The van der Waals surface area contributed by atoms with E-state index < -0.39 is 48.1 Å². The van der Waals surface area contributed by atoms with Gasteiger partial charge in [0, 0.05) is 0 Å². The van der Waals surface area contributed by atoms with Gasteiger partial charge in [0.15, 0.2) is 0 Å². The van der Waals surface area contributed by atoms with E-state index in [1.165, 1.54) is 6.92 Å². The second-order valence-electron chi connectivity index (χ2n) is 9.26. The third kappa shape index (κ3) is 13.5. The summed E-state index contributed by atoms with van der Waals surface area (Å²) in [4.78, 5) is 34.8. The molecule has 0 fully saturated rings. The van der Waals surface area contributed by atoms with Gasteiger partial charge in [-0.3, -0.25) is 14.4 Å². The molecule has 10 heteroatoms. The Bertz CT molecular complexity index is 825. The average molecular weight is 491 g/mol. The lowest BCUT2D eigenvalue weighted by atomic mass is 10.0. The summed E-state index contributed by atoms with van der Waals surface area (Å²) in [5.41, 5.74) is 14.4. The molecule has 1 aromatic carbocycles. The van der Waals surface area contributed by atoms with E-state index >= 15 is 0 Å². The van der Waals surface area contributed by atoms with Gasteiger partial charge in [-0.2, -0.15) is 5.26 Å². The molecule has 0 spiro atoms. The van der Waals surface area contributed by atoms with E-state index in [9.17, 15) is 19.5 Å². The number of carboxylic acids is 1. The molecule has 0 bridgehead atoms. The highest BCUT2D eigenvalue weighted by Gasteiger charge is 2.28. The molecule has 5 atom stereocenters. The molecule has 35 heavy (non-hydrogen) atoms. The topological polar surface area (TPSA) is 189 Å². The van der Waals surface area contributed by atoms with Crippen LogP contribution in [0.4, 0.5) is 0 Å². The van der Waals surface area contributed by atoms with Gasteiger partial charge in [-0.15, -0.1) is 6.04 Å². The van der Waals surface area contributed by atoms with Gasteiger partial charge in [-0.25, -0.2) is 0 Å². The Balaban J connectivity index is 0.000000712. The van der Waals surface area contributed by atoms with Crippen molar-refractivity contribution in [2.75, 3.05) is 0 Å². The van der Waals surface area contributed by atoms with E-state index in [1.54, 1.807) is 13.8 Å². The molecule has 0 aliphatic carbocycles. The van der Waals surface area contributed by atoms with E-state index in [1.807, 2.05) is 50.2 Å². The van der Waals surface area contributed by atoms with Crippen molar-refractivity contribution >= 4 is 17.8 Å². The normalized spacial score (nSPS) is 15.0. The predicted octanol–water partition coefficient (Wildman–Crippen LogP) is 2.01. The molecular formula is C25H40N5O5-. The first-order valence-electron chi connectivity index (χ1n) is 11.7. The van der Waals surface area contributed by atoms with Crippen molar-refractivity contribution in [1.82, 2.24) is 10.6 Å². The summed E-state index contributed by atoms with van der Waals surface area (Å²) in [6.07, 6.45) is 0.189. The number of nitrogens with one attached hydrogen (secondary N) is 3. The third-order valence-corrected chi connectivity index (χ3v) is 5.10. The maximum atomic E-state index is 12.0. The number of carbonyl (C=O) groups excluding carboxylic acids is 2. The molecule has 0 heterocycles. The minimum atomic E-state index is -1.13. The quantitative estimate of drug-likeness (QED) is 0.296. The molecule has 1 aromatic rings. The highest BCUT2D eigenvalue weighted by molar-refractivity contribution is 5.91. The summed E-state index contributed by atoms with van der Waals surface area (Å²) in [5.74, 6) is -1.97. The largest absolute Gasteiger partial charge is 0.672 e. The maximum Gasteiger partial charge on any atom is 0.325 e. The zero-order valence-corrected chi connectivity index (χ0v) is 21.2. The number of benzene rings is 1. The van der Waals surface area contributed by atoms with Crippen molar-refractivity contribution in [3.8, 4) is 6.07 Å². The number of hydrogen-bond acceptors (Lipinski definition) is 6. The van der Waals surface area contributed by atoms with Gasteiger partial charge in [-0.1, -0.05) is 58.0 Å². The van der Waals surface area contributed by atoms with Crippen molar-refractivity contribution in [2.45, 2.75) is 84.2 Å². The number of carboxylic acid groups (broad SMARTS) is 1. The van der Waals surface area contributed by atoms with E-state index in [0.29, 0.717) is 12.8 Å². The van der Waals surface area contributed by atoms with Crippen molar-refractivity contribution in [1.29, 1.82) is 5.26 Å². The van der Waals surface area contributed by atoms with Crippen LogP contribution in [-0.4, -0.2) is 58.3 Å². The van der Waals surface area contributed by atoms with E-state index in [4.69, 9.17) is 21.8 Å². The number of nitrogens with zero attached hydrogens (tertiary/aromatic N) is 1. The third-order valence-electron chi connectivity index (χ3n) is 5.10. The molecule has 0 saturated heterocycles. The summed E-state index contributed by atoms with van der Waals surface area (Å²) in [7, 11) is 0. The summed E-state index contributed by atoms with van der Waals surface area (Å²) < 4.78 is 0. The van der Waals surface area contributed by atoms with Crippen LogP contribution in [0.15, 0.2) is 30.3 Å². The minimum Gasteiger partial charge on any atom is -0.672 e. The number of nitriles is 1. The van der Waals surface area contributed by atoms with Gasteiger partial charge >= 0.3 is 5.97 Å². The van der Waals surface area contributed by atoms with Crippen molar-refractivity contribution < 1.29 is 24.6 Å². The summed E-state index contributed by atoms with van der Waals surface area (Å²) in [6.45, 7) is 8.81. The Kier molecular flexibility index (Phi) is 15.2. The van der Waals surface area contributed by atoms with Crippen LogP contribution in [-0.2, 0) is 20.8 Å². The van der Waals surface area contributed by atoms with Crippen LogP contribution in [0.5, 0.6) is 0 Å². The molecule has 10 nitrogen and oxygen atoms in total. The lowest BCUT2D eigenvalue weighted by Crippen LogP contribution is -2.56. The van der Waals surface area contributed by atoms with Crippen LogP contribution in [0.25, 0.3) is 5.73 Å². The van der Waals surface area contributed by atoms with Crippen LogP contribution in [0, 0.1) is 23.2 Å². The van der Waals surface area contributed by atoms with Gasteiger partial charge in [-0.05, 0) is 37.2 Å². The first-order chi connectivity index (χ1) is 16.3. The number of amides is 2. The molecular weight excluding hydrogens is 450 g/mol. The zero-order chi connectivity index (χ0) is 27.1. The number of aliphatic hydroxyl groups excluding tert-OH is 1. The zero-order valence-electron chi connectivity index (χ0n) is 21.2.